The molecule has 0 aliphatic carbocycles. The van der Waals surface area contributed by atoms with Crippen molar-refractivity contribution in [1.82, 2.24) is 0 Å². The largest absolute Gasteiger partial charge is 0.497 e. The number of anilines is 1. The number of hydrogen-bond acceptors (Lipinski definition) is 5. The first-order chi connectivity index (χ1) is 15.1. The third-order valence-corrected chi connectivity index (χ3v) is 10.0. The van der Waals surface area contributed by atoms with E-state index in [0.717, 1.165) is 20.4 Å². The van der Waals surface area contributed by atoms with Gasteiger partial charge in [-0.1, -0.05) is 19.1 Å². The quantitative estimate of drug-likeness (QED) is 0.407. The van der Waals surface area contributed by atoms with Gasteiger partial charge in [-0.3, -0.25) is 4.79 Å². The molecule has 2 aromatic carbocycles. The van der Waals surface area contributed by atoms with Crippen LogP contribution in [0.4, 0.5) is 5.69 Å². The highest BCUT2D eigenvalue weighted by Gasteiger charge is 2.66. The molecule has 1 spiro atoms. The number of carbonyl (C=O) groups excluding carboxylic acids is 1. The van der Waals surface area contributed by atoms with Gasteiger partial charge in [-0.25, -0.2) is 0 Å². The lowest BCUT2D eigenvalue weighted by molar-refractivity contribution is -0.146. The van der Waals surface area contributed by atoms with E-state index in [1.54, 1.807) is 12.0 Å². The second-order valence-electron chi connectivity index (χ2n) is 9.28. The van der Waals surface area contributed by atoms with Crippen molar-refractivity contribution < 1.29 is 24.2 Å². The van der Waals surface area contributed by atoms with Crippen LogP contribution in [0.1, 0.15) is 24.5 Å². The molecule has 4 rings (SSSR count). The van der Waals surface area contributed by atoms with Crippen LogP contribution < -0.4 is 9.64 Å². The Kier molecular flexibility index (Phi) is 6.45. The molecule has 2 aromatic rings. The molecule has 32 heavy (non-hydrogen) atoms. The minimum Gasteiger partial charge on any atom is -0.497 e. The highest BCUT2D eigenvalue weighted by molar-refractivity contribution is 14.1. The fraction of sp³-hybridized carbons (Fsp3) is 0.458. The molecule has 0 unspecified atom stereocenters. The summed E-state index contributed by atoms with van der Waals surface area (Å²) in [5, 5.41) is 9.68. The third-order valence-electron chi connectivity index (χ3n) is 6.83. The van der Waals surface area contributed by atoms with Crippen LogP contribution >= 0.6 is 22.6 Å². The second kappa shape index (κ2) is 8.71. The van der Waals surface area contributed by atoms with Crippen molar-refractivity contribution in [2.45, 2.75) is 50.2 Å². The number of rotatable bonds is 6. The number of amides is 1. The van der Waals surface area contributed by atoms with E-state index >= 15 is 0 Å². The van der Waals surface area contributed by atoms with Gasteiger partial charge in [0.25, 0.3) is 5.91 Å². The van der Waals surface area contributed by atoms with Gasteiger partial charge in [0.1, 0.15) is 5.75 Å². The highest BCUT2D eigenvalue weighted by atomic mass is 127. The maximum atomic E-state index is 14.1. The van der Waals surface area contributed by atoms with Crippen molar-refractivity contribution in [2.24, 2.45) is 5.92 Å². The molecule has 0 bridgehead atoms. The zero-order chi connectivity index (χ0) is 23.3. The molecule has 2 heterocycles. The Morgan fingerprint density at radius 2 is 2.00 bits per heavy atom. The van der Waals surface area contributed by atoms with Crippen LogP contribution in [-0.4, -0.2) is 43.9 Å². The molecule has 172 valence electrons. The van der Waals surface area contributed by atoms with E-state index in [4.69, 9.17) is 9.47 Å². The summed E-state index contributed by atoms with van der Waals surface area (Å²) in [5.41, 5.74) is 1.24. The first-order valence-corrected chi connectivity index (χ1v) is 15.0. The lowest BCUT2D eigenvalue weighted by atomic mass is 9.82. The molecule has 6 nitrogen and oxygen atoms in total. The predicted octanol–water partition coefficient (Wildman–Crippen LogP) is 4.03. The summed E-state index contributed by atoms with van der Waals surface area (Å²) in [6.45, 7) is 6.15. The van der Waals surface area contributed by atoms with Crippen molar-refractivity contribution in [3.05, 3.63) is 57.2 Å². The zero-order valence-electron chi connectivity index (χ0n) is 18.8. The summed E-state index contributed by atoms with van der Waals surface area (Å²) in [4.78, 5) is 27.1. The Morgan fingerprint density at radius 3 is 2.62 bits per heavy atom. The van der Waals surface area contributed by atoms with Gasteiger partial charge in [-0.05, 0) is 78.0 Å². The predicted molar refractivity (Wildman–Crippen MR) is 134 cm³/mol. The number of methoxy groups -OCH3 is 1. The van der Waals surface area contributed by atoms with Gasteiger partial charge in [0.05, 0.1) is 25.4 Å². The molecular weight excluding hydrogens is 537 g/mol. The molecule has 1 fully saturated rings. The molecule has 1 amide bonds. The van der Waals surface area contributed by atoms with Crippen LogP contribution in [-0.2, 0) is 21.7 Å². The van der Waals surface area contributed by atoms with Crippen molar-refractivity contribution in [3.8, 4) is 5.75 Å². The van der Waals surface area contributed by atoms with E-state index in [9.17, 15) is 14.7 Å². The van der Waals surface area contributed by atoms with Crippen LogP contribution in [0.15, 0.2) is 42.5 Å². The average molecular weight is 567 g/mol. The molecule has 2 aliphatic heterocycles. The fourth-order valence-corrected chi connectivity index (χ4v) is 8.77. The minimum absolute atomic E-state index is 0.0558. The number of benzene rings is 2. The number of ether oxygens (including phenoxy) is 2. The van der Waals surface area contributed by atoms with Crippen LogP contribution in [0, 0.1) is 9.49 Å². The van der Waals surface area contributed by atoms with Crippen LogP contribution in [0.2, 0.25) is 18.6 Å². The van der Waals surface area contributed by atoms with Crippen LogP contribution in [0.25, 0.3) is 0 Å². The van der Waals surface area contributed by atoms with Gasteiger partial charge in [0.2, 0.25) is 0 Å². The van der Waals surface area contributed by atoms with E-state index in [2.05, 4.69) is 28.7 Å². The van der Waals surface area contributed by atoms with Crippen LogP contribution in [0.5, 0.6) is 5.75 Å². The Morgan fingerprint density at radius 1 is 1.25 bits per heavy atom. The molecule has 4 atom stereocenters. The van der Waals surface area contributed by atoms with E-state index in [0.29, 0.717) is 18.7 Å². The minimum atomic E-state index is -2.70. The van der Waals surface area contributed by atoms with Crippen molar-refractivity contribution in [3.63, 3.8) is 0 Å². The first kappa shape index (κ1) is 23.7. The van der Waals surface area contributed by atoms with Gasteiger partial charge < -0.3 is 24.3 Å². The topological polar surface area (TPSA) is 79.2 Å². The van der Waals surface area contributed by atoms with Gasteiger partial charge >= 0.3 is 0 Å². The number of carbonyl (C=O) groups is 1. The van der Waals surface area contributed by atoms with Gasteiger partial charge in [0, 0.05) is 27.2 Å². The van der Waals surface area contributed by atoms with E-state index in [1.807, 2.05) is 56.4 Å². The Hall–Kier alpha value is -1.46. The molecule has 2 aliphatic rings. The highest BCUT2D eigenvalue weighted by Crippen LogP contribution is 2.60. The lowest BCUT2D eigenvalue weighted by Gasteiger charge is -2.32. The number of halogens is 1. The van der Waals surface area contributed by atoms with E-state index in [-0.39, 0.29) is 30.1 Å². The summed E-state index contributed by atoms with van der Waals surface area (Å²) < 4.78 is 13.2. The number of nitrogens with zero attached hydrogens (tertiary/aromatic N) is 1. The summed E-state index contributed by atoms with van der Waals surface area (Å²) >= 11 is 2.27. The number of aliphatic hydroxyl groups excluding tert-OH is 1. The van der Waals surface area contributed by atoms with Gasteiger partial charge in [-0.2, -0.15) is 0 Å². The normalized spacial score (nSPS) is 27.3. The smallest absolute Gasteiger partial charge is 0.264 e. The van der Waals surface area contributed by atoms with E-state index in [1.165, 1.54) is 0 Å². The maximum Gasteiger partial charge on any atom is 0.264 e. The second-order valence-corrected chi connectivity index (χ2v) is 14.5. The van der Waals surface area contributed by atoms with Gasteiger partial charge in [-0.15, -0.1) is 0 Å². The van der Waals surface area contributed by atoms with Crippen molar-refractivity contribution >= 4 is 42.5 Å². The maximum absolute atomic E-state index is 14.1. The summed E-state index contributed by atoms with van der Waals surface area (Å²) in [5.74, 6) is 0.297. The number of aliphatic hydroxyl groups is 1. The van der Waals surface area contributed by atoms with E-state index < -0.39 is 13.9 Å². The molecule has 8 heteroatoms. The average Bonchev–Trinajstić information content (AvgIpc) is 3.15. The summed E-state index contributed by atoms with van der Waals surface area (Å²) in [6.07, 6.45) is -0.000647. The fourth-order valence-electron chi connectivity index (χ4n) is 5.56. The van der Waals surface area contributed by atoms with Crippen LogP contribution in [0.3, 0.4) is 0 Å². The Labute approximate surface area is 203 Å². The van der Waals surface area contributed by atoms with Crippen molar-refractivity contribution in [2.75, 3.05) is 18.6 Å². The van der Waals surface area contributed by atoms with Crippen molar-refractivity contribution in [1.29, 1.82) is 0 Å². The molecule has 0 aromatic heterocycles. The zero-order valence-corrected chi connectivity index (χ0v) is 22.0. The Bertz CT molecular complexity index is 1030. The molecule has 0 saturated carbocycles. The number of hydrogen-bond donors (Lipinski definition) is 2. The molecule has 1 saturated heterocycles. The molecule has 2 N–H and O–H groups in total. The summed E-state index contributed by atoms with van der Waals surface area (Å²) in [6, 6.07) is 13.8. The summed E-state index contributed by atoms with van der Waals surface area (Å²) in [7, 11) is -1.09. The standard InChI is InChI=1S/C24H30INO5Si/c1-15-22(32(3,4)29)21(10-11-27)31-24(15)19-13-18(30-2)8-9-20(19)26(23(24)28)14-16-6-5-7-17(25)12-16/h5-9,12-13,15,21-22,27,29H,10-11,14H2,1-4H3/t15-,21+,22-,24+/m1/s1. The monoisotopic (exact) mass is 567 g/mol. The first-order valence-electron chi connectivity index (χ1n) is 10.9. The molecule has 0 radical (unpaired) electrons. The SMILES string of the molecule is COc1ccc2c(c1)[C@]1(O[C@@H](CCO)[C@H]([Si](C)(C)O)[C@H]1C)C(=O)N2Cc1cccc(I)c1. The third kappa shape index (κ3) is 3.79. The molecular formula is C24H30INO5Si. The number of fused-ring (bicyclic) bond motifs is 2. The lowest BCUT2D eigenvalue weighted by Crippen LogP contribution is -2.46. The van der Waals surface area contributed by atoms with Gasteiger partial charge in [0.15, 0.2) is 13.9 Å². The Balaban J connectivity index is 1.85.